The molecule has 0 spiro atoms. The summed E-state index contributed by atoms with van der Waals surface area (Å²) in [6, 6.07) is 0. The number of furan rings is 1. The molecule has 3 nitrogen and oxygen atoms in total. The van der Waals surface area contributed by atoms with Crippen LogP contribution in [0.3, 0.4) is 0 Å². The fourth-order valence-electron chi connectivity index (χ4n) is 1.86. The Morgan fingerprint density at radius 3 is 2.69 bits per heavy atom. The molecule has 0 saturated heterocycles. The number of aliphatic hydroxyl groups is 1. The zero-order chi connectivity index (χ0) is 9.47. The first-order valence-corrected chi connectivity index (χ1v) is 4.64. The van der Waals surface area contributed by atoms with E-state index in [0.717, 1.165) is 24.0 Å². The first-order chi connectivity index (χ1) is 6.18. The van der Waals surface area contributed by atoms with Crippen LogP contribution in [0.25, 0.3) is 0 Å². The molecule has 0 radical (unpaired) electrons. The quantitative estimate of drug-likeness (QED) is 0.735. The maximum atomic E-state index is 10.3. The highest BCUT2D eigenvalue weighted by Gasteiger charge is 2.45. The summed E-state index contributed by atoms with van der Waals surface area (Å²) in [5, 5.41) is 10.3. The van der Waals surface area contributed by atoms with Crippen molar-refractivity contribution in [2.75, 3.05) is 6.54 Å². The number of nitrogens with two attached hydrogens (primary N) is 1. The molecule has 0 amide bonds. The van der Waals surface area contributed by atoms with Gasteiger partial charge in [0.2, 0.25) is 0 Å². The third-order valence-corrected chi connectivity index (χ3v) is 2.89. The number of hydrogen-bond donors (Lipinski definition) is 2. The van der Waals surface area contributed by atoms with Crippen molar-refractivity contribution in [3.05, 3.63) is 23.7 Å². The van der Waals surface area contributed by atoms with E-state index in [1.807, 2.05) is 6.92 Å². The summed E-state index contributed by atoms with van der Waals surface area (Å²) in [7, 11) is 0. The molecule has 1 heterocycles. The van der Waals surface area contributed by atoms with Crippen LogP contribution in [-0.4, -0.2) is 11.7 Å². The van der Waals surface area contributed by atoms with Gasteiger partial charge in [-0.25, -0.2) is 0 Å². The van der Waals surface area contributed by atoms with Gasteiger partial charge in [-0.15, -0.1) is 0 Å². The van der Waals surface area contributed by atoms with E-state index in [0.29, 0.717) is 5.92 Å². The molecule has 1 aromatic rings. The Morgan fingerprint density at radius 1 is 1.62 bits per heavy atom. The minimum atomic E-state index is -0.850. The second-order valence-electron chi connectivity index (χ2n) is 3.87. The van der Waals surface area contributed by atoms with Crippen LogP contribution in [0.1, 0.15) is 24.0 Å². The predicted octanol–water partition coefficient (Wildman–Crippen LogP) is 1.14. The highest BCUT2D eigenvalue weighted by molar-refractivity contribution is 5.29. The number of aryl methyl sites for hydroxylation is 1. The molecule has 0 aromatic carbocycles. The third-order valence-electron chi connectivity index (χ3n) is 2.89. The highest BCUT2D eigenvalue weighted by atomic mass is 16.3. The SMILES string of the molecule is Cc1cocc1C(O)(CN)C1CC1. The van der Waals surface area contributed by atoms with E-state index >= 15 is 0 Å². The Hall–Kier alpha value is -0.800. The molecule has 1 aliphatic rings. The van der Waals surface area contributed by atoms with E-state index < -0.39 is 5.60 Å². The van der Waals surface area contributed by atoms with Crippen molar-refractivity contribution >= 4 is 0 Å². The van der Waals surface area contributed by atoms with Crippen LogP contribution >= 0.6 is 0 Å². The average Bonchev–Trinajstić information content (AvgIpc) is 2.89. The van der Waals surface area contributed by atoms with Gasteiger partial charge < -0.3 is 15.3 Å². The second kappa shape index (κ2) is 2.86. The molecule has 1 aliphatic carbocycles. The molecule has 0 aliphatic heterocycles. The summed E-state index contributed by atoms with van der Waals surface area (Å²) < 4.78 is 5.06. The summed E-state index contributed by atoms with van der Waals surface area (Å²) in [5.41, 5.74) is 6.61. The topological polar surface area (TPSA) is 59.4 Å². The van der Waals surface area contributed by atoms with Crippen molar-refractivity contribution in [3.63, 3.8) is 0 Å². The van der Waals surface area contributed by atoms with Crippen molar-refractivity contribution in [1.82, 2.24) is 0 Å². The van der Waals surface area contributed by atoms with Crippen LogP contribution in [0.15, 0.2) is 16.9 Å². The molecule has 2 rings (SSSR count). The van der Waals surface area contributed by atoms with Crippen LogP contribution in [0, 0.1) is 12.8 Å². The van der Waals surface area contributed by atoms with E-state index in [1.54, 1.807) is 12.5 Å². The van der Waals surface area contributed by atoms with E-state index in [9.17, 15) is 5.11 Å². The molecule has 1 unspecified atom stereocenters. The Labute approximate surface area is 77.5 Å². The Balaban J connectivity index is 2.35. The van der Waals surface area contributed by atoms with Crippen LogP contribution < -0.4 is 5.73 Å². The minimum absolute atomic E-state index is 0.276. The molecule has 1 fully saturated rings. The van der Waals surface area contributed by atoms with Gasteiger partial charge in [-0.2, -0.15) is 0 Å². The first kappa shape index (κ1) is 8.78. The average molecular weight is 181 g/mol. The maximum Gasteiger partial charge on any atom is 0.108 e. The van der Waals surface area contributed by atoms with E-state index in [-0.39, 0.29) is 6.54 Å². The van der Waals surface area contributed by atoms with Gasteiger partial charge in [-0.3, -0.25) is 0 Å². The molecule has 13 heavy (non-hydrogen) atoms. The zero-order valence-corrected chi connectivity index (χ0v) is 7.79. The van der Waals surface area contributed by atoms with Gasteiger partial charge in [0.15, 0.2) is 0 Å². The third kappa shape index (κ3) is 1.28. The molecule has 3 heteroatoms. The monoisotopic (exact) mass is 181 g/mol. The first-order valence-electron chi connectivity index (χ1n) is 4.64. The predicted molar refractivity (Wildman–Crippen MR) is 49.1 cm³/mol. The maximum absolute atomic E-state index is 10.3. The van der Waals surface area contributed by atoms with Crippen LogP contribution in [0.4, 0.5) is 0 Å². The summed E-state index contributed by atoms with van der Waals surface area (Å²) in [4.78, 5) is 0. The summed E-state index contributed by atoms with van der Waals surface area (Å²) >= 11 is 0. The van der Waals surface area contributed by atoms with E-state index in [4.69, 9.17) is 10.2 Å². The lowest BCUT2D eigenvalue weighted by molar-refractivity contribution is 0.0211. The lowest BCUT2D eigenvalue weighted by Gasteiger charge is -2.25. The van der Waals surface area contributed by atoms with Crippen molar-refractivity contribution in [2.45, 2.75) is 25.4 Å². The summed E-state index contributed by atoms with van der Waals surface area (Å²) in [6.07, 6.45) is 5.40. The molecular weight excluding hydrogens is 166 g/mol. The number of rotatable bonds is 3. The molecule has 1 saturated carbocycles. The van der Waals surface area contributed by atoms with Gasteiger partial charge in [0.1, 0.15) is 5.60 Å². The normalized spacial score (nSPS) is 21.5. The van der Waals surface area contributed by atoms with Gasteiger partial charge in [0.05, 0.1) is 12.5 Å². The lowest BCUT2D eigenvalue weighted by Crippen LogP contribution is -2.37. The van der Waals surface area contributed by atoms with Gasteiger partial charge in [-0.05, 0) is 31.2 Å². The molecular formula is C10H15NO2. The fraction of sp³-hybridized carbons (Fsp3) is 0.600. The van der Waals surface area contributed by atoms with Crippen LogP contribution in [0.2, 0.25) is 0 Å². The molecule has 1 aromatic heterocycles. The fourth-order valence-corrected chi connectivity index (χ4v) is 1.86. The van der Waals surface area contributed by atoms with E-state index in [2.05, 4.69) is 0 Å². The molecule has 3 N–H and O–H groups in total. The zero-order valence-electron chi connectivity index (χ0n) is 7.79. The van der Waals surface area contributed by atoms with Gasteiger partial charge in [0.25, 0.3) is 0 Å². The largest absolute Gasteiger partial charge is 0.472 e. The van der Waals surface area contributed by atoms with Crippen LogP contribution in [-0.2, 0) is 5.60 Å². The standard InChI is InChI=1S/C10H15NO2/c1-7-4-13-5-9(7)10(12,6-11)8-2-3-8/h4-5,8,12H,2-3,6,11H2,1H3. The molecule has 72 valence electrons. The van der Waals surface area contributed by atoms with Crippen molar-refractivity contribution < 1.29 is 9.52 Å². The van der Waals surface area contributed by atoms with Gasteiger partial charge >= 0.3 is 0 Å². The second-order valence-corrected chi connectivity index (χ2v) is 3.87. The Bertz CT molecular complexity index is 304. The van der Waals surface area contributed by atoms with Crippen molar-refractivity contribution in [2.24, 2.45) is 11.7 Å². The minimum Gasteiger partial charge on any atom is -0.472 e. The van der Waals surface area contributed by atoms with Gasteiger partial charge in [0, 0.05) is 12.1 Å². The van der Waals surface area contributed by atoms with Crippen LogP contribution in [0.5, 0.6) is 0 Å². The summed E-state index contributed by atoms with van der Waals surface area (Å²) in [5.74, 6) is 0.328. The van der Waals surface area contributed by atoms with E-state index in [1.165, 1.54) is 0 Å². The molecule has 1 atom stereocenters. The smallest absolute Gasteiger partial charge is 0.108 e. The summed E-state index contributed by atoms with van der Waals surface area (Å²) in [6.45, 7) is 2.21. The van der Waals surface area contributed by atoms with Crippen molar-refractivity contribution in [1.29, 1.82) is 0 Å². The van der Waals surface area contributed by atoms with Gasteiger partial charge in [-0.1, -0.05) is 0 Å². The lowest BCUT2D eigenvalue weighted by atomic mass is 9.89. The highest BCUT2D eigenvalue weighted by Crippen LogP contribution is 2.46. The number of hydrogen-bond acceptors (Lipinski definition) is 3. The Kier molecular flexibility index (Phi) is 1.93. The Morgan fingerprint density at radius 2 is 2.31 bits per heavy atom. The van der Waals surface area contributed by atoms with Crippen molar-refractivity contribution in [3.8, 4) is 0 Å². The molecule has 0 bridgehead atoms.